The van der Waals surface area contributed by atoms with Gasteiger partial charge in [0.1, 0.15) is 16.5 Å². The van der Waals surface area contributed by atoms with Gasteiger partial charge in [-0.05, 0) is 24.3 Å². The Balaban J connectivity index is 1.47. The van der Waals surface area contributed by atoms with Gasteiger partial charge in [-0.15, -0.1) is 11.3 Å². The van der Waals surface area contributed by atoms with E-state index in [-0.39, 0.29) is 18.4 Å². The summed E-state index contributed by atoms with van der Waals surface area (Å²) in [6, 6.07) is 20.0. The Morgan fingerprint density at radius 2 is 1.72 bits per heavy atom. The fourth-order valence-corrected chi connectivity index (χ4v) is 3.55. The molecule has 0 unspecified atom stereocenters. The summed E-state index contributed by atoms with van der Waals surface area (Å²) in [5.74, 6) is -0.0222. The maximum atomic E-state index is 12.7. The second-order valence-corrected chi connectivity index (χ2v) is 7.02. The van der Waals surface area contributed by atoms with E-state index in [0.717, 1.165) is 10.6 Å². The van der Waals surface area contributed by atoms with Crippen LogP contribution in [0.15, 0.2) is 82.8 Å². The van der Waals surface area contributed by atoms with E-state index in [9.17, 15) is 9.59 Å². The number of hydrogen-bond acceptors (Lipinski definition) is 5. The number of para-hydroxylation sites is 1. The first-order valence-corrected chi connectivity index (χ1v) is 9.80. The van der Waals surface area contributed by atoms with Crippen molar-refractivity contribution in [1.82, 2.24) is 10.3 Å². The van der Waals surface area contributed by atoms with Crippen LogP contribution in [0.25, 0.3) is 10.6 Å². The van der Waals surface area contributed by atoms with Crippen LogP contribution in [0.1, 0.15) is 26.6 Å². The zero-order chi connectivity index (χ0) is 20.1. The van der Waals surface area contributed by atoms with Crippen LogP contribution in [0.5, 0.6) is 0 Å². The minimum absolute atomic E-state index is 0.265. The average Bonchev–Trinajstić information content (AvgIpc) is 3.45. The molecule has 0 fully saturated rings. The molecule has 0 saturated carbocycles. The summed E-state index contributed by atoms with van der Waals surface area (Å²) in [6.07, 6.45) is 1.55. The van der Waals surface area contributed by atoms with Crippen LogP contribution in [-0.4, -0.2) is 16.8 Å². The molecule has 0 saturated heterocycles. The fraction of sp³-hybridized carbons (Fsp3) is 0.0455. The highest BCUT2D eigenvalue weighted by Crippen LogP contribution is 2.24. The monoisotopic (exact) mass is 403 g/mol. The van der Waals surface area contributed by atoms with Gasteiger partial charge in [-0.1, -0.05) is 42.5 Å². The Morgan fingerprint density at radius 1 is 0.931 bits per heavy atom. The Morgan fingerprint density at radius 3 is 2.52 bits per heavy atom. The first-order valence-electron chi connectivity index (χ1n) is 8.92. The summed E-state index contributed by atoms with van der Waals surface area (Å²) < 4.78 is 5.22. The van der Waals surface area contributed by atoms with Crippen molar-refractivity contribution in [3.63, 3.8) is 0 Å². The minimum atomic E-state index is -0.366. The molecule has 4 aromatic rings. The summed E-state index contributed by atoms with van der Waals surface area (Å²) in [7, 11) is 0. The number of aromatic nitrogens is 1. The van der Waals surface area contributed by atoms with Crippen molar-refractivity contribution in [3.8, 4) is 10.6 Å². The molecule has 144 valence electrons. The molecule has 0 aliphatic rings. The summed E-state index contributed by atoms with van der Waals surface area (Å²) in [5.41, 5.74) is 2.04. The van der Waals surface area contributed by atoms with Gasteiger partial charge < -0.3 is 15.1 Å². The molecule has 0 aliphatic heterocycles. The van der Waals surface area contributed by atoms with Crippen molar-refractivity contribution >= 4 is 28.8 Å². The number of furan rings is 1. The van der Waals surface area contributed by atoms with Crippen LogP contribution in [0.4, 0.5) is 5.69 Å². The van der Waals surface area contributed by atoms with E-state index in [4.69, 9.17) is 4.42 Å². The Bertz CT molecular complexity index is 1120. The van der Waals surface area contributed by atoms with Crippen LogP contribution in [-0.2, 0) is 6.54 Å². The van der Waals surface area contributed by atoms with E-state index >= 15 is 0 Å². The zero-order valence-electron chi connectivity index (χ0n) is 15.3. The number of amides is 2. The van der Waals surface area contributed by atoms with Crippen LogP contribution in [0.2, 0.25) is 0 Å². The smallest absolute Gasteiger partial charge is 0.275 e. The van der Waals surface area contributed by atoms with E-state index in [0.29, 0.717) is 22.7 Å². The topological polar surface area (TPSA) is 84.2 Å². The van der Waals surface area contributed by atoms with Gasteiger partial charge in [0, 0.05) is 10.9 Å². The first kappa shape index (κ1) is 18.6. The molecule has 0 atom stereocenters. The molecule has 2 N–H and O–H groups in total. The third-order valence-electron chi connectivity index (χ3n) is 4.18. The molecule has 6 nitrogen and oxygen atoms in total. The highest BCUT2D eigenvalue weighted by molar-refractivity contribution is 7.13. The predicted octanol–water partition coefficient (Wildman–Crippen LogP) is 4.59. The molecule has 29 heavy (non-hydrogen) atoms. The lowest BCUT2D eigenvalue weighted by atomic mass is 10.1. The summed E-state index contributed by atoms with van der Waals surface area (Å²) in [4.78, 5) is 29.6. The van der Waals surface area contributed by atoms with Crippen molar-refractivity contribution in [2.24, 2.45) is 0 Å². The van der Waals surface area contributed by atoms with Crippen molar-refractivity contribution < 1.29 is 14.0 Å². The fourth-order valence-electron chi connectivity index (χ4n) is 2.74. The maximum absolute atomic E-state index is 12.7. The van der Waals surface area contributed by atoms with E-state index < -0.39 is 0 Å². The highest BCUT2D eigenvalue weighted by Gasteiger charge is 2.16. The molecule has 0 radical (unpaired) electrons. The summed E-state index contributed by atoms with van der Waals surface area (Å²) in [5, 5.41) is 8.04. The van der Waals surface area contributed by atoms with E-state index in [1.807, 2.05) is 30.3 Å². The largest absolute Gasteiger partial charge is 0.467 e. The van der Waals surface area contributed by atoms with Crippen LogP contribution < -0.4 is 10.6 Å². The van der Waals surface area contributed by atoms with E-state index in [2.05, 4.69) is 15.6 Å². The molecule has 4 rings (SSSR count). The quantitative estimate of drug-likeness (QED) is 0.493. The van der Waals surface area contributed by atoms with Crippen molar-refractivity contribution in [3.05, 3.63) is 95.4 Å². The Hall–Kier alpha value is -3.71. The normalized spacial score (nSPS) is 10.5. The number of hydrogen-bond donors (Lipinski definition) is 2. The standard InChI is InChI=1S/C22H17N3O3S/c26-20(23-13-16-9-6-12-28-16)17-10-4-5-11-18(17)24-21(27)19-14-29-22(25-19)15-7-2-1-3-8-15/h1-12,14H,13H2,(H,23,26)(H,24,27). The minimum Gasteiger partial charge on any atom is -0.467 e. The number of rotatable bonds is 6. The third-order valence-corrected chi connectivity index (χ3v) is 5.07. The molecule has 0 aliphatic carbocycles. The van der Waals surface area contributed by atoms with Crippen molar-refractivity contribution in [2.75, 3.05) is 5.32 Å². The van der Waals surface area contributed by atoms with Crippen molar-refractivity contribution in [1.29, 1.82) is 0 Å². The molecule has 7 heteroatoms. The van der Waals surface area contributed by atoms with E-state index in [1.165, 1.54) is 11.3 Å². The highest BCUT2D eigenvalue weighted by atomic mass is 32.1. The van der Waals surface area contributed by atoms with Crippen LogP contribution in [0.3, 0.4) is 0 Å². The van der Waals surface area contributed by atoms with Gasteiger partial charge in [0.05, 0.1) is 24.1 Å². The molecule has 0 spiro atoms. The van der Waals surface area contributed by atoms with Gasteiger partial charge >= 0.3 is 0 Å². The zero-order valence-corrected chi connectivity index (χ0v) is 16.1. The molecule has 0 bridgehead atoms. The maximum Gasteiger partial charge on any atom is 0.275 e. The summed E-state index contributed by atoms with van der Waals surface area (Å²) in [6.45, 7) is 0.265. The van der Waals surface area contributed by atoms with Crippen LogP contribution in [0, 0.1) is 0 Å². The van der Waals surface area contributed by atoms with Gasteiger partial charge in [-0.3, -0.25) is 9.59 Å². The molecule has 2 aromatic heterocycles. The number of benzene rings is 2. The molecule has 2 aromatic carbocycles. The lowest BCUT2D eigenvalue weighted by molar-refractivity contribution is 0.0949. The summed E-state index contributed by atoms with van der Waals surface area (Å²) >= 11 is 1.40. The van der Waals surface area contributed by atoms with Gasteiger partial charge in [0.25, 0.3) is 11.8 Å². The second-order valence-electron chi connectivity index (χ2n) is 6.17. The number of carbonyl (C=O) groups excluding carboxylic acids is 2. The van der Waals surface area contributed by atoms with Crippen molar-refractivity contribution in [2.45, 2.75) is 6.54 Å². The lowest BCUT2D eigenvalue weighted by Crippen LogP contribution is -2.24. The van der Waals surface area contributed by atoms with Gasteiger partial charge in [-0.2, -0.15) is 0 Å². The van der Waals surface area contributed by atoms with Gasteiger partial charge in [0.15, 0.2) is 0 Å². The Kier molecular flexibility index (Phi) is 5.49. The average molecular weight is 403 g/mol. The molecular formula is C22H17N3O3S. The van der Waals surface area contributed by atoms with E-state index in [1.54, 1.807) is 48.0 Å². The SMILES string of the molecule is O=C(Nc1ccccc1C(=O)NCc1ccco1)c1csc(-c2ccccc2)n1. The molecule has 2 heterocycles. The Labute approximate surface area is 171 Å². The van der Waals surface area contributed by atoms with Gasteiger partial charge in [0.2, 0.25) is 0 Å². The second kappa shape index (κ2) is 8.53. The molecule has 2 amide bonds. The lowest BCUT2D eigenvalue weighted by Gasteiger charge is -2.10. The first-order chi connectivity index (χ1) is 14.2. The molecular weight excluding hydrogens is 386 g/mol. The number of nitrogens with one attached hydrogen (secondary N) is 2. The third kappa shape index (κ3) is 4.41. The number of thiazole rings is 1. The number of nitrogens with zero attached hydrogens (tertiary/aromatic N) is 1. The van der Waals surface area contributed by atoms with Crippen LogP contribution >= 0.6 is 11.3 Å². The predicted molar refractivity (Wildman–Crippen MR) is 112 cm³/mol. The van der Waals surface area contributed by atoms with Gasteiger partial charge in [-0.25, -0.2) is 4.98 Å². The number of carbonyl (C=O) groups is 2. The number of anilines is 1.